The summed E-state index contributed by atoms with van der Waals surface area (Å²) in [4.78, 5) is 2.55. The lowest BCUT2D eigenvalue weighted by atomic mass is 9.66. The van der Waals surface area contributed by atoms with Crippen molar-refractivity contribution in [2.75, 3.05) is 4.90 Å². The third-order valence-electron chi connectivity index (χ3n) is 17.5. The lowest BCUT2D eigenvalue weighted by Crippen LogP contribution is -2.29. The summed E-state index contributed by atoms with van der Waals surface area (Å²) in [6.07, 6.45) is 2.21. The highest BCUT2D eigenvalue weighted by atomic mass is 15.1. The molecular formula is C77H81N. The van der Waals surface area contributed by atoms with Crippen LogP contribution in [0.3, 0.4) is 0 Å². The van der Waals surface area contributed by atoms with Gasteiger partial charge in [-0.25, -0.2) is 0 Å². The Morgan fingerprint density at radius 1 is 0.321 bits per heavy atom. The zero-order valence-corrected chi connectivity index (χ0v) is 49.1. The third-order valence-corrected chi connectivity index (χ3v) is 17.5. The van der Waals surface area contributed by atoms with Gasteiger partial charge in [0.2, 0.25) is 0 Å². The van der Waals surface area contributed by atoms with Gasteiger partial charge in [0.1, 0.15) is 0 Å². The molecule has 11 rings (SSSR count). The smallest absolute Gasteiger partial charge is 0.0714 e. The van der Waals surface area contributed by atoms with Crippen molar-refractivity contribution in [1.82, 2.24) is 0 Å². The molecule has 2 aliphatic rings. The van der Waals surface area contributed by atoms with Gasteiger partial charge in [0.15, 0.2) is 0 Å². The van der Waals surface area contributed by atoms with E-state index in [0.29, 0.717) is 5.92 Å². The molecule has 1 heteroatoms. The summed E-state index contributed by atoms with van der Waals surface area (Å²) in [5, 5.41) is 0. The van der Waals surface area contributed by atoms with Crippen molar-refractivity contribution in [1.29, 1.82) is 0 Å². The predicted octanol–water partition coefficient (Wildman–Crippen LogP) is 20.7. The van der Waals surface area contributed by atoms with Crippen molar-refractivity contribution in [3.05, 3.63) is 279 Å². The fraction of sp³-hybridized carbons (Fsp3) is 0.299. The van der Waals surface area contributed by atoms with E-state index in [-0.39, 0.29) is 21.7 Å². The van der Waals surface area contributed by atoms with E-state index in [1.807, 2.05) is 0 Å². The summed E-state index contributed by atoms with van der Waals surface area (Å²) in [6.45, 7) is 32.4. The molecule has 0 N–H and O–H groups in total. The normalized spacial score (nSPS) is 14.4. The van der Waals surface area contributed by atoms with E-state index in [1.165, 1.54) is 94.6 Å². The van der Waals surface area contributed by atoms with Crippen molar-refractivity contribution >= 4 is 17.1 Å². The molecule has 9 aromatic rings. The molecule has 0 radical (unpaired) electrons. The van der Waals surface area contributed by atoms with Crippen LogP contribution in [0.4, 0.5) is 17.1 Å². The first-order valence-corrected chi connectivity index (χ1v) is 28.8. The molecule has 0 heterocycles. The van der Waals surface area contributed by atoms with Crippen LogP contribution in [0.2, 0.25) is 0 Å². The summed E-state index contributed by atoms with van der Waals surface area (Å²) in [7, 11) is 0. The molecule has 0 unspecified atom stereocenters. The summed E-state index contributed by atoms with van der Waals surface area (Å²) in [6, 6.07) is 80.9. The highest BCUT2D eigenvalue weighted by molar-refractivity contribution is 5.92. The zero-order valence-electron chi connectivity index (χ0n) is 49.1. The van der Waals surface area contributed by atoms with E-state index in [1.54, 1.807) is 0 Å². The van der Waals surface area contributed by atoms with Crippen molar-refractivity contribution < 1.29 is 0 Å². The molecule has 78 heavy (non-hydrogen) atoms. The number of hydrogen-bond acceptors (Lipinski definition) is 1. The number of anilines is 3. The van der Waals surface area contributed by atoms with Crippen molar-refractivity contribution in [2.45, 2.75) is 142 Å². The second-order valence-corrected chi connectivity index (χ2v) is 27.3. The Morgan fingerprint density at radius 3 is 0.923 bits per heavy atom. The average molecular weight is 1020 g/mol. The Labute approximate surface area is 468 Å². The maximum absolute atomic E-state index is 2.55. The number of rotatable bonds is 10. The number of benzene rings is 9. The average Bonchev–Trinajstić information content (AvgIpc) is 4.12. The highest BCUT2D eigenvalue weighted by Crippen LogP contribution is 2.60. The molecule has 0 amide bonds. The number of hydrogen-bond donors (Lipinski definition) is 0. The van der Waals surface area contributed by atoms with E-state index < -0.39 is 10.8 Å². The summed E-state index contributed by atoms with van der Waals surface area (Å²) in [5.74, 6) is 0.636. The monoisotopic (exact) mass is 1020 g/mol. The standard InChI is InChI=1S/C77H81N/c1-51(2)23-24-52-25-43-61(44-26-52)78(62-45-47-66-64-19-15-17-21-68(64)76(70(66)49-62,57-35-27-53(28-36-57)72(3,4)5)58-37-29-54(30-38-58)73(6,7)8)63-46-48-67-65-20-16-18-22-69(65)77(71(67)50-63,59-39-31-55(32-40-59)74(9,10)11)60-41-33-56(34-42-60)75(12,13)14/h15-22,25-51H,23-24H2,1-14H3. The van der Waals surface area contributed by atoms with Gasteiger partial charge in [-0.2, -0.15) is 0 Å². The van der Waals surface area contributed by atoms with Gasteiger partial charge < -0.3 is 4.90 Å². The summed E-state index contributed by atoms with van der Waals surface area (Å²) < 4.78 is 0. The van der Waals surface area contributed by atoms with Crippen molar-refractivity contribution in [3.63, 3.8) is 0 Å². The fourth-order valence-corrected chi connectivity index (χ4v) is 13.0. The Bertz CT molecular complexity index is 3300. The predicted molar refractivity (Wildman–Crippen MR) is 334 cm³/mol. The Hall–Kier alpha value is -7.22. The molecule has 0 saturated carbocycles. The van der Waals surface area contributed by atoms with E-state index in [9.17, 15) is 0 Å². The van der Waals surface area contributed by atoms with Gasteiger partial charge in [-0.05, 0) is 171 Å². The fourth-order valence-electron chi connectivity index (χ4n) is 13.0. The van der Waals surface area contributed by atoms with Crippen LogP contribution in [0.15, 0.2) is 206 Å². The van der Waals surface area contributed by atoms with E-state index in [2.05, 4.69) is 308 Å². The lowest BCUT2D eigenvalue weighted by Gasteiger charge is -2.36. The van der Waals surface area contributed by atoms with Crippen LogP contribution in [0, 0.1) is 5.92 Å². The van der Waals surface area contributed by atoms with Crippen LogP contribution in [0.5, 0.6) is 0 Å². The molecule has 0 atom stereocenters. The van der Waals surface area contributed by atoms with Gasteiger partial charge in [0.05, 0.1) is 10.8 Å². The highest BCUT2D eigenvalue weighted by Gasteiger charge is 2.49. The van der Waals surface area contributed by atoms with Gasteiger partial charge >= 0.3 is 0 Å². The minimum Gasteiger partial charge on any atom is -0.310 e. The van der Waals surface area contributed by atoms with Gasteiger partial charge in [0, 0.05) is 17.1 Å². The van der Waals surface area contributed by atoms with E-state index in [4.69, 9.17) is 0 Å². The van der Waals surface area contributed by atoms with Crippen LogP contribution >= 0.6 is 0 Å². The van der Waals surface area contributed by atoms with Gasteiger partial charge in [0.25, 0.3) is 0 Å². The SMILES string of the molecule is CC(C)CCc1ccc(N(c2ccc3c(c2)C(c2ccc(C(C)(C)C)cc2)(c2ccc(C(C)(C)C)cc2)c2ccccc2-3)c2ccc3c(c2)C(c2ccc(C(C)(C)C)cc2)(c2ccc(C(C)(C)C)cc2)c2ccccc2-3)cc1. The van der Waals surface area contributed by atoms with Gasteiger partial charge in [-0.1, -0.05) is 267 Å². The molecule has 9 aromatic carbocycles. The summed E-state index contributed by atoms with van der Waals surface area (Å²) >= 11 is 0. The first-order chi connectivity index (χ1) is 37.0. The van der Waals surface area contributed by atoms with Gasteiger partial charge in [-0.3, -0.25) is 0 Å². The molecular weight excluding hydrogens is 939 g/mol. The molecule has 0 bridgehead atoms. The largest absolute Gasteiger partial charge is 0.310 e. The molecule has 394 valence electrons. The third kappa shape index (κ3) is 8.96. The molecule has 2 aliphatic carbocycles. The van der Waals surface area contributed by atoms with Crippen molar-refractivity contribution in [3.8, 4) is 22.3 Å². The van der Waals surface area contributed by atoms with Crippen molar-refractivity contribution in [2.24, 2.45) is 5.92 Å². The van der Waals surface area contributed by atoms with Gasteiger partial charge in [-0.15, -0.1) is 0 Å². The molecule has 0 spiro atoms. The van der Waals surface area contributed by atoms with Crippen LogP contribution in [-0.2, 0) is 38.9 Å². The molecule has 0 saturated heterocycles. The molecule has 0 aliphatic heterocycles. The second-order valence-electron chi connectivity index (χ2n) is 27.3. The first-order valence-electron chi connectivity index (χ1n) is 28.8. The number of aryl methyl sites for hydroxylation is 1. The minimum atomic E-state index is -0.589. The number of fused-ring (bicyclic) bond motifs is 6. The first kappa shape index (κ1) is 52.8. The second kappa shape index (κ2) is 19.3. The quantitative estimate of drug-likeness (QED) is 0.132. The van der Waals surface area contributed by atoms with Crippen LogP contribution in [0.25, 0.3) is 22.3 Å². The maximum Gasteiger partial charge on any atom is 0.0714 e. The lowest BCUT2D eigenvalue weighted by molar-refractivity contribution is 0.587. The van der Waals surface area contributed by atoms with E-state index >= 15 is 0 Å². The van der Waals surface area contributed by atoms with E-state index in [0.717, 1.165) is 29.9 Å². The summed E-state index contributed by atoms with van der Waals surface area (Å²) in [5.41, 5.74) is 24.5. The number of nitrogens with zero attached hydrogens (tertiary/aromatic N) is 1. The minimum absolute atomic E-state index is 0.0180. The Balaban J connectivity index is 1.18. The molecule has 0 aromatic heterocycles. The van der Waals surface area contributed by atoms with Crippen LogP contribution in [0.1, 0.15) is 176 Å². The molecule has 1 nitrogen and oxygen atoms in total. The Morgan fingerprint density at radius 2 is 0.615 bits per heavy atom. The van der Waals surface area contributed by atoms with Crippen LogP contribution < -0.4 is 4.90 Å². The topological polar surface area (TPSA) is 3.24 Å². The Kier molecular flexibility index (Phi) is 13.1. The zero-order chi connectivity index (χ0) is 55.2. The maximum atomic E-state index is 2.55. The van der Waals surface area contributed by atoms with Crippen LogP contribution in [-0.4, -0.2) is 0 Å². The molecule has 0 fully saturated rings.